The van der Waals surface area contributed by atoms with E-state index in [0.717, 1.165) is 16.7 Å². The van der Waals surface area contributed by atoms with E-state index < -0.39 is 29.7 Å². The summed E-state index contributed by atoms with van der Waals surface area (Å²) in [5.74, 6) is -2.23. The molecular weight excluding hydrogens is 380 g/mol. The number of cyclic esters (lactones) is 1. The number of hydrogen-bond acceptors (Lipinski definition) is 5. The van der Waals surface area contributed by atoms with Crippen molar-refractivity contribution in [3.05, 3.63) is 108 Å². The molecule has 1 fully saturated rings. The van der Waals surface area contributed by atoms with Crippen molar-refractivity contribution in [2.75, 3.05) is 7.11 Å². The van der Waals surface area contributed by atoms with Crippen molar-refractivity contribution in [3.63, 3.8) is 0 Å². The smallest absolute Gasteiger partial charge is 0.322 e. The third kappa shape index (κ3) is 3.60. The van der Waals surface area contributed by atoms with Crippen LogP contribution in [0.25, 0.3) is 0 Å². The van der Waals surface area contributed by atoms with Gasteiger partial charge in [-0.15, -0.1) is 0 Å². The fraction of sp³-hybridized carbons (Fsp3) is 0.200. The van der Waals surface area contributed by atoms with Crippen molar-refractivity contribution >= 4 is 11.9 Å². The fourth-order valence-electron chi connectivity index (χ4n) is 3.88. The van der Waals surface area contributed by atoms with Gasteiger partial charge in [-0.05, 0) is 16.7 Å². The molecular formula is C25H22O5. The van der Waals surface area contributed by atoms with Crippen molar-refractivity contribution in [2.45, 2.75) is 18.3 Å². The molecule has 1 aliphatic heterocycles. The van der Waals surface area contributed by atoms with Crippen LogP contribution in [0, 0.1) is 5.92 Å². The van der Waals surface area contributed by atoms with E-state index >= 15 is 0 Å². The largest absolute Gasteiger partial charge is 0.468 e. The summed E-state index contributed by atoms with van der Waals surface area (Å²) in [4.78, 5) is 24.2. The van der Waals surface area contributed by atoms with Gasteiger partial charge in [-0.2, -0.15) is 0 Å². The van der Waals surface area contributed by atoms with E-state index in [1.807, 2.05) is 91.0 Å². The zero-order chi connectivity index (χ0) is 21.0. The van der Waals surface area contributed by atoms with Crippen LogP contribution in [0.15, 0.2) is 91.0 Å². The van der Waals surface area contributed by atoms with E-state index in [0.29, 0.717) is 0 Å². The first-order valence-electron chi connectivity index (χ1n) is 9.78. The molecule has 1 saturated heterocycles. The lowest BCUT2D eigenvalue weighted by molar-refractivity contribution is -0.182. The van der Waals surface area contributed by atoms with Gasteiger partial charge in [-0.3, -0.25) is 9.59 Å². The molecule has 0 N–H and O–H groups in total. The van der Waals surface area contributed by atoms with Crippen molar-refractivity contribution in [3.8, 4) is 0 Å². The van der Waals surface area contributed by atoms with E-state index in [4.69, 9.17) is 14.2 Å². The monoisotopic (exact) mass is 402 g/mol. The van der Waals surface area contributed by atoms with E-state index in [2.05, 4.69) is 0 Å². The SMILES string of the molecule is COC(=O)[C@@H]1C[C@H](OC(c2ccccc2)(c2ccccc2)c2ccccc2)OC1=O. The summed E-state index contributed by atoms with van der Waals surface area (Å²) >= 11 is 0. The van der Waals surface area contributed by atoms with Crippen LogP contribution in [-0.4, -0.2) is 25.3 Å². The second-order valence-electron chi connectivity index (χ2n) is 7.08. The third-order valence-electron chi connectivity index (χ3n) is 5.30. The maximum Gasteiger partial charge on any atom is 0.322 e. The number of hydrogen-bond donors (Lipinski definition) is 0. The predicted molar refractivity (Wildman–Crippen MR) is 110 cm³/mol. The molecule has 0 bridgehead atoms. The lowest BCUT2D eigenvalue weighted by atomic mass is 9.80. The highest BCUT2D eigenvalue weighted by Gasteiger charge is 2.47. The Labute approximate surface area is 175 Å². The number of esters is 2. The summed E-state index contributed by atoms with van der Waals surface area (Å²) in [6.07, 6.45) is -0.804. The molecule has 0 radical (unpaired) electrons. The minimum atomic E-state index is -1.03. The van der Waals surface area contributed by atoms with Crippen LogP contribution >= 0.6 is 0 Å². The average Bonchev–Trinajstić information content (AvgIpc) is 3.18. The zero-order valence-electron chi connectivity index (χ0n) is 16.6. The van der Waals surface area contributed by atoms with Crippen LogP contribution in [0.3, 0.4) is 0 Å². The molecule has 2 atom stereocenters. The first-order chi connectivity index (χ1) is 14.6. The number of carbonyl (C=O) groups is 2. The van der Waals surface area contributed by atoms with Gasteiger partial charge < -0.3 is 14.2 Å². The Kier molecular flexibility index (Phi) is 5.63. The Morgan fingerprint density at radius 1 is 0.833 bits per heavy atom. The third-order valence-corrected chi connectivity index (χ3v) is 5.30. The lowest BCUT2D eigenvalue weighted by Crippen LogP contribution is -2.37. The molecule has 4 rings (SSSR count). The van der Waals surface area contributed by atoms with Crippen LogP contribution in [0.2, 0.25) is 0 Å². The summed E-state index contributed by atoms with van der Waals surface area (Å²) < 4.78 is 16.8. The molecule has 30 heavy (non-hydrogen) atoms. The second-order valence-corrected chi connectivity index (χ2v) is 7.08. The Bertz CT molecular complexity index is 905. The molecule has 0 amide bonds. The Balaban J connectivity index is 1.84. The number of ether oxygens (including phenoxy) is 3. The van der Waals surface area contributed by atoms with Gasteiger partial charge in [0.05, 0.1) is 7.11 Å². The average molecular weight is 402 g/mol. The summed E-state index contributed by atoms with van der Waals surface area (Å²) in [6, 6.07) is 29.3. The molecule has 0 spiro atoms. The van der Waals surface area contributed by atoms with Crippen LogP contribution in [0.4, 0.5) is 0 Å². The highest BCUT2D eigenvalue weighted by atomic mass is 16.7. The molecule has 3 aromatic rings. The molecule has 3 aromatic carbocycles. The Hall–Kier alpha value is -3.44. The van der Waals surface area contributed by atoms with Gasteiger partial charge >= 0.3 is 11.9 Å². The van der Waals surface area contributed by atoms with Crippen LogP contribution in [0.1, 0.15) is 23.1 Å². The number of carbonyl (C=O) groups excluding carboxylic acids is 2. The topological polar surface area (TPSA) is 61.8 Å². The minimum Gasteiger partial charge on any atom is -0.468 e. The number of rotatable bonds is 6. The zero-order valence-corrected chi connectivity index (χ0v) is 16.6. The standard InChI is InChI=1S/C25H22O5/c1-28-23(26)21-17-22(29-24(21)27)30-25(18-11-5-2-6-12-18,19-13-7-3-8-14-19)20-15-9-4-10-16-20/h2-16,21-22H,17H2,1H3/t21-,22-/m0/s1. The summed E-state index contributed by atoms with van der Waals surface area (Å²) in [6.45, 7) is 0. The van der Waals surface area contributed by atoms with Crippen LogP contribution in [0.5, 0.6) is 0 Å². The molecule has 0 aromatic heterocycles. The highest BCUT2D eigenvalue weighted by Crippen LogP contribution is 2.43. The van der Waals surface area contributed by atoms with Gasteiger partial charge in [0.25, 0.3) is 0 Å². The molecule has 1 aliphatic rings. The minimum absolute atomic E-state index is 0.0970. The van der Waals surface area contributed by atoms with Gasteiger partial charge in [-0.25, -0.2) is 0 Å². The highest BCUT2D eigenvalue weighted by molar-refractivity contribution is 5.96. The maximum atomic E-state index is 12.3. The van der Waals surface area contributed by atoms with Crippen molar-refractivity contribution in [1.29, 1.82) is 0 Å². The fourth-order valence-corrected chi connectivity index (χ4v) is 3.88. The van der Waals surface area contributed by atoms with Gasteiger partial charge in [0.2, 0.25) is 6.29 Å². The van der Waals surface area contributed by atoms with Gasteiger partial charge in [0.15, 0.2) is 5.92 Å². The summed E-state index contributed by atoms with van der Waals surface area (Å²) in [7, 11) is 1.26. The molecule has 1 heterocycles. The molecule has 152 valence electrons. The van der Waals surface area contributed by atoms with E-state index in [1.165, 1.54) is 7.11 Å². The normalized spacial score (nSPS) is 18.6. The lowest BCUT2D eigenvalue weighted by Gasteiger charge is -2.37. The predicted octanol–water partition coefficient (Wildman–Crippen LogP) is 4.06. The first-order valence-corrected chi connectivity index (χ1v) is 9.78. The van der Waals surface area contributed by atoms with E-state index in [1.54, 1.807) is 0 Å². The van der Waals surface area contributed by atoms with Crippen LogP contribution < -0.4 is 0 Å². The Morgan fingerprint density at radius 3 is 1.67 bits per heavy atom. The maximum absolute atomic E-state index is 12.3. The summed E-state index contributed by atoms with van der Waals surface area (Å²) in [5, 5.41) is 0. The van der Waals surface area contributed by atoms with Crippen LogP contribution in [-0.2, 0) is 29.4 Å². The molecule has 0 unspecified atom stereocenters. The van der Waals surface area contributed by atoms with E-state index in [-0.39, 0.29) is 6.42 Å². The van der Waals surface area contributed by atoms with E-state index in [9.17, 15) is 9.59 Å². The molecule has 5 heteroatoms. The van der Waals surface area contributed by atoms with Crippen molar-refractivity contribution in [1.82, 2.24) is 0 Å². The Morgan fingerprint density at radius 2 is 1.27 bits per heavy atom. The molecule has 0 saturated carbocycles. The molecule has 5 nitrogen and oxygen atoms in total. The van der Waals surface area contributed by atoms with Gasteiger partial charge in [0, 0.05) is 6.42 Å². The molecule has 0 aliphatic carbocycles. The quantitative estimate of drug-likeness (QED) is 0.354. The number of benzene rings is 3. The van der Waals surface area contributed by atoms with Gasteiger partial charge in [0.1, 0.15) is 5.60 Å². The van der Waals surface area contributed by atoms with Crippen molar-refractivity contribution in [2.24, 2.45) is 5.92 Å². The second kappa shape index (κ2) is 8.51. The van der Waals surface area contributed by atoms with Gasteiger partial charge in [-0.1, -0.05) is 91.0 Å². The number of methoxy groups -OCH3 is 1. The van der Waals surface area contributed by atoms with Crippen molar-refractivity contribution < 1.29 is 23.8 Å². The first kappa shape index (κ1) is 19.9. The summed E-state index contributed by atoms with van der Waals surface area (Å²) in [5.41, 5.74) is 1.64.